The molecule has 0 aliphatic carbocycles. The molecule has 4 nitrogen and oxygen atoms in total. The number of aromatic amines is 1. The zero-order valence-corrected chi connectivity index (χ0v) is 11.2. The van der Waals surface area contributed by atoms with E-state index in [4.69, 9.17) is 0 Å². The summed E-state index contributed by atoms with van der Waals surface area (Å²) < 4.78 is 0. The third kappa shape index (κ3) is 2.63. The van der Waals surface area contributed by atoms with E-state index in [1.54, 1.807) is 24.0 Å². The van der Waals surface area contributed by atoms with Crippen molar-refractivity contribution in [3.8, 4) is 0 Å². The van der Waals surface area contributed by atoms with Crippen LogP contribution >= 0.6 is 0 Å². The lowest BCUT2D eigenvalue weighted by Crippen LogP contribution is -2.44. The third-order valence-electron chi connectivity index (χ3n) is 3.44. The lowest BCUT2D eigenvalue weighted by molar-refractivity contribution is 0.0621. The van der Waals surface area contributed by atoms with Crippen molar-refractivity contribution < 1.29 is 4.79 Å². The van der Waals surface area contributed by atoms with Gasteiger partial charge in [-0.15, -0.1) is 0 Å². The number of pyridine rings is 1. The first-order chi connectivity index (χ1) is 8.47. The minimum atomic E-state index is -0.286. The van der Waals surface area contributed by atoms with Crippen LogP contribution in [0.5, 0.6) is 0 Å². The number of rotatable bonds is 1. The first-order valence-electron chi connectivity index (χ1n) is 6.46. The molecule has 1 fully saturated rings. The van der Waals surface area contributed by atoms with Gasteiger partial charge >= 0.3 is 0 Å². The summed E-state index contributed by atoms with van der Waals surface area (Å²) in [6, 6.07) is 3.39. The molecule has 1 aliphatic heterocycles. The summed E-state index contributed by atoms with van der Waals surface area (Å²) in [6.45, 7) is 7.60. The molecule has 18 heavy (non-hydrogen) atoms. The predicted octanol–water partition coefficient (Wildman–Crippen LogP) is 1.80. The van der Waals surface area contributed by atoms with Gasteiger partial charge in [0.2, 0.25) is 0 Å². The quantitative estimate of drug-likeness (QED) is 0.824. The van der Waals surface area contributed by atoms with Crippen molar-refractivity contribution >= 4 is 5.91 Å². The minimum absolute atomic E-state index is 0.144. The maximum Gasteiger partial charge on any atom is 0.260 e. The van der Waals surface area contributed by atoms with Gasteiger partial charge in [-0.25, -0.2) is 0 Å². The number of aromatic nitrogens is 1. The molecule has 1 N–H and O–H groups in total. The van der Waals surface area contributed by atoms with Crippen LogP contribution in [0.3, 0.4) is 0 Å². The summed E-state index contributed by atoms with van der Waals surface area (Å²) in [5.41, 5.74) is 0.740. The van der Waals surface area contributed by atoms with E-state index >= 15 is 0 Å². The number of amides is 1. The summed E-state index contributed by atoms with van der Waals surface area (Å²) in [4.78, 5) is 28.6. The molecule has 1 amide bonds. The number of nitrogens with one attached hydrogen (secondary N) is 1. The number of hydrogen-bond acceptors (Lipinski definition) is 2. The maximum absolute atomic E-state index is 12.3. The molecular formula is C14H20N2O2. The van der Waals surface area contributed by atoms with E-state index in [0.717, 1.165) is 25.2 Å². The molecule has 4 heteroatoms. The van der Waals surface area contributed by atoms with E-state index in [1.165, 1.54) is 0 Å². The molecule has 0 aromatic carbocycles. The highest BCUT2D eigenvalue weighted by molar-refractivity contribution is 5.93. The molecule has 0 saturated carbocycles. The zero-order valence-electron chi connectivity index (χ0n) is 11.2. The maximum atomic E-state index is 12.3. The van der Waals surface area contributed by atoms with Gasteiger partial charge in [0.1, 0.15) is 5.56 Å². The lowest BCUT2D eigenvalue weighted by Gasteiger charge is -2.34. The van der Waals surface area contributed by atoms with Gasteiger partial charge < -0.3 is 9.88 Å². The molecule has 2 heterocycles. The van der Waals surface area contributed by atoms with Gasteiger partial charge in [0.25, 0.3) is 11.5 Å². The van der Waals surface area contributed by atoms with Gasteiger partial charge in [-0.2, -0.15) is 0 Å². The summed E-state index contributed by atoms with van der Waals surface area (Å²) >= 11 is 0. The van der Waals surface area contributed by atoms with Gasteiger partial charge in [0, 0.05) is 18.8 Å². The SMILES string of the molecule is Cc1ccc(C(=O)N2C[C@H](C)C[C@@H](C)C2)c(=O)[nH]1. The van der Waals surface area contributed by atoms with Crippen LogP contribution in [0.15, 0.2) is 16.9 Å². The van der Waals surface area contributed by atoms with Crippen molar-refractivity contribution in [2.45, 2.75) is 27.2 Å². The van der Waals surface area contributed by atoms with Gasteiger partial charge in [-0.1, -0.05) is 13.8 Å². The highest BCUT2D eigenvalue weighted by Gasteiger charge is 2.27. The van der Waals surface area contributed by atoms with Crippen molar-refractivity contribution in [3.63, 3.8) is 0 Å². The standard InChI is InChI=1S/C14H20N2O2/c1-9-6-10(2)8-16(7-9)14(18)12-5-4-11(3)15-13(12)17/h4-5,9-10H,6-8H2,1-3H3,(H,15,17)/t9-,10-/m1/s1. The number of likely N-dealkylation sites (tertiary alicyclic amines) is 1. The zero-order chi connectivity index (χ0) is 13.3. The van der Waals surface area contributed by atoms with Crippen LogP contribution < -0.4 is 5.56 Å². The second-order valence-corrected chi connectivity index (χ2v) is 5.54. The third-order valence-corrected chi connectivity index (χ3v) is 3.44. The molecule has 2 rings (SSSR count). The second-order valence-electron chi connectivity index (χ2n) is 5.54. The molecule has 1 aromatic heterocycles. The molecule has 0 unspecified atom stereocenters. The Morgan fingerprint density at radius 3 is 2.44 bits per heavy atom. The minimum Gasteiger partial charge on any atom is -0.338 e. The second kappa shape index (κ2) is 4.96. The monoisotopic (exact) mass is 248 g/mol. The first-order valence-corrected chi connectivity index (χ1v) is 6.46. The van der Waals surface area contributed by atoms with Gasteiger partial charge in [-0.3, -0.25) is 9.59 Å². The Balaban J connectivity index is 2.23. The van der Waals surface area contributed by atoms with Gasteiger partial charge in [0.05, 0.1) is 0 Å². The van der Waals surface area contributed by atoms with Crippen molar-refractivity contribution in [2.24, 2.45) is 11.8 Å². The Labute approximate surface area is 107 Å². The normalized spacial score (nSPS) is 24.1. The number of piperidine rings is 1. The molecule has 98 valence electrons. The van der Waals surface area contributed by atoms with E-state index < -0.39 is 0 Å². The molecule has 1 aliphatic rings. The summed E-state index contributed by atoms with van der Waals surface area (Å²) in [6.07, 6.45) is 1.15. The number of hydrogen-bond donors (Lipinski definition) is 1. The van der Waals surface area contributed by atoms with Crippen LogP contribution in [-0.4, -0.2) is 28.9 Å². The highest BCUT2D eigenvalue weighted by Crippen LogP contribution is 2.21. The lowest BCUT2D eigenvalue weighted by atomic mass is 9.91. The fourth-order valence-corrected chi connectivity index (χ4v) is 2.74. The Morgan fingerprint density at radius 1 is 1.28 bits per heavy atom. The molecule has 0 radical (unpaired) electrons. The Morgan fingerprint density at radius 2 is 1.89 bits per heavy atom. The molecule has 1 aromatic rings. The highest BCUT2D eigenvalue weighted by atomic mass is 16.2. The van der Waals surface area contributed by atoms with E-state index in [9.17, 15) is 9.59 Å². The predicted molar refractivity (Wildman–Crippen MR) is 70.6 cm³/mol. The Hall–Kier alpha value is -1.58. The first kappa shape index (κ1) is 12.9. The van der Waals surface area contributed by atoms with Crippen molar-refractivity contribution in [1.29, 1.82) is 0 Å². The number of nitrogens with zero attached hydrogens (tertiary/aromatic N) is 1. The average molecular weight is 248 g/mol. The van der Waals surface area contributed by atoms with Gasteiger partial charge in [0.15, 0.2) is 0 Å². The molecule has 2 atom stereocenters. The van der Waals surface area contributed by atoms with E-state index in [0.29, 0.717) is 11.8 Å². The van der Waals surface area contributed by atoms with Crippen molar-refractivity contribution in [2.75, 3.05) is 13.1 Å². The van der Waals surface area contributed by atoms with Crippen molar-refractivity contribution in [1.82, 2.24) is 9.88 Å². The molecule has 0 bridgehead atoms. The van der Waals surface area contributed by atoms with Crippen LogP contribution in [0.25, 0.3) is 0 Å². The van der Waals surface area contributed by atoms with Crippen LogP contribution in [0.2, 0.25) is 0 Å². The smallest absolute Gasteiger partial charge is 0.260 e. The van der Waals surface area contributed by atoms with E-state index in [1.807, 2.05) is 0 Å². The Kier molecular flexibility index (Phi) is 3.55. The van der Waals surface area contributed by atoms with Crippen LogP contribution in [-0.2, 0) is 0 Å². The van der Waals surface area contributed by atoms with E-state index in [-0.39, 0.29) is 17.0 Å². The summed E-state index contributed by atoms with van der Waals surface area (Å²) in [5.74, 6) is 0.860. The molecule has 1 saturated heterocycles. The number of H-pyrrole nitrogens is 1. The number of carbonyl (C=O) groups is 1. The van der Waals surface area contributed by atoms with Crippen LogP contribution in [0, 0.1) is 18.8 Å². The fraction of sp³-hybridized carbons (Fsp3) is 0.571. The topological polar surface area (TPSA) is 53.2 Å². The van der Waals surface area contributed by atoms with E-state index in [2.05, 4.69) is 18.8 Å². The van der Waals surface area contributed by atoms with Crippen LogP contribution in [0.1, 0.15) is 36.3 Å². The number of aryl methyl sites for hydroxylation is 1. The molecule has 0 spiro atoms. The van der Waals surface area contributed by atoms with Crippen molar-refractivity contribution in [3.05, 3.63) is 33.7 Å². The van der Waals surface area contributed by atoms with Gasteiger partial charge in [-0.05, 0) is 37.3 Å². The number of carbonyl (C=O) groups excluding carboxylic acids is 1. The van der Waals surface area contributed by atoms with Crippen LogP contribution in [0.4, 0.5) is 0 Å². The average Bonchev–Trinajstić information content (AvgIpc) is 2.26. The Bertz CT molecular complexity index is 497. The summed E-state index contributed by atoms with van der Waals surface area (Å²) in [7, 11) is 0. The fourth-order valence-electron chi connectivity index (χ4n) is 2.74. The largest absolute Gasteiger partial charge is 0.338 e. The summed E-state index contributed by atoms with van der Waals surface area (Å²) in [5, 5.41) is 0. The molecular weight excluding hydrogens is 228 g/mol.